The van der Waals surface area contributed by atoms with Gasteiger partial charge in [0.25, 0.3) is 0 Å². The Morgan fingerprint density at radius 3 is 1.71 bits per heavy atom. The molecular formula is C15H34ClN5. The predicted molar refractivity (Wildman–Crippen MR) is 94.7 cm³/mol. The molecule has 0 heterocycles. The first-order valence-corrected chi connectivity index (χ1v) is 8.06. The van der Waals surface area contributed by atoms with Crippen LogP contribution in [0.5, 0.6) is 0 Å². The lowest BCUT2D eigenvalue weighted by molar-refractivity contribution is 0.554. The molecule has 0 rings (SSSR count). The van der Waals surface area contributed by atoms with Gasteiger partial charge in [-0.1, -0.05) is 64.7 Å². The maximum atomic E-state index is 7.55. The standard InChI is InChI=1S/C15H33N5.ClH/c1-3-4-5-6-7-8-9-10-11-12-13-19-15(17)20-14(16)18-2;/h3-13H2,1-2H3,(H5,16,17,18,19,20);1H. The summed E-state index contributed by atoms with van der Waals surface area (Å²) < 4.78 is 0. The number of hydrogen-bond donors (Lipinski definition) is 5. The lowest BCUT2D eigenvalue weighted by atomic mass is 10.1. The summed E-state index contributed by atoms with van der Waals surface area (Å²) >= 11 is 0. The summed E-state index contributed by atoms with van der Waals surface area (Å²) in [5, 5.41) is 23.1. The van der Waals surface area contributed by atoms with E-state index in [2.05, 4.69) is 22.9 Å². The summed E-state index contributed by atoms with van der Waals surface area (Å²) in [7, 11) is 1.66. The molecule has 21 heavy (non-hydrogen) atoms. The highest BCUT2D eigenvalue weighted by molar-refractivity contribution is 5.95. The molecular weight excluding hydrogens is 286 g/mol. The number of halogens is 1. The molecule has 0 amide bonds. The van der Waals surface area contributed by atoms with Gasteiger partial charge in [-0.15, -0.1) is 12.4 Å². The first-order chi connectivity index (χ1) is 9.70. The van der Waals surface area contributed by atoms with Crippen LogP contribution in [0.25, 0.3) is 0 Å². The number of unbranched alkanes of at least 4 members (excludes halogenated alkanes) is 9. The van der Waals surface area contributed by atoms with Crippen LogP contribution in [0.1, 0.15) is 71.1 Å². The SMILES string of the molecule is CCCCCCCCCCCCNC(=N)NC(=N)NC.Cl. The van der Waals surface area contributed by atoms with Gasteiger partial charge in [0.15, 0.2) is 11.9 Å². The quantitative estimate of drug-likeness (QED) is 0.229. The molecule has 5 N–H and O–H groups in total. The third kappa shape index (κ3) is 17.0. The van der Waals surface area contributed by atoms with Crippen molar-refractivity contribution in [1.29, 1.82) is 10.8 Å². The summed E-state index contributed by atoms with van der Waals surface area (Å²) in [6, 6.07) is 0. The van der Waals surface area contributed by atoms with Crippen LogP contribution in [-0.4, -0.2) is 25.5 Å². The van der Waals surface area contributed by atoms with Crippen molar-refractivity contribution >= 4 is 24.3 Å². The number of guanidine groups is 2. The maximum absolute atomic E-state index is 7.55. The fourth-order valence-electron chi connectivity index (χ4n) is 2.06. The zero-order valence-electron chi connectivity index (χ0n) is 13.7. The van der Waals surface area contributed by atoms with E-state index in [1.807, 2.05) is 0 Å². The van der Waals surface area contributed by atoms with Gasteiger partial charge in [-0.3, -0.25) is 16.1 Å². The van der Waals surface area contributed by atoms with E-state index in [1.165, 1.54) is 57.8 Å². The van der Waals surface area contributed by atoms with Gasteiger partial charge in [-0.05, 0) is 6.42 Å². The molecule has 0 bridgehead atoms. The van der Waals surface area contributed by atoms with E-state index in [1.54, 1.807) is 7.05 Å². The van der Waals surface area contributed by atoms with Gasteiger partial charge in [0, 0.05) is 13.6 Å². The normalized spacial score (nSPS) is 9.62. The van der Waals surface area contributed by atoms with Crippen molar-refractivity contribution in [3.05, 3.63) is 0 Å². The van der Waals surface area contributed by atoms with E-state index >= 15 is 0 Å². The molecule has 6 heteroatoms. The summed E-state index contributed by atoms with van der Waals surface area (Å²) in [6.07, 6.45) is 13.2. The van der Waals surface area contributed by atoms with Crippen LogP contribution in [0.4, 0.5) is 0 Å². The van der Waals surface area contributed by atoms with Crippen LogP contribution in [0.2, 0.25) is 0 Å². The third-order valence-electron chi connectivity index (χ3n) is 3.33. The monoisotopic (exact) mass is 319 g/mol. The summed E-state index contributed by atoms with van der Waals surface area (Å²) in [5.41, 5.74) is 0. The average molecular weight is 320 g/mol. The highest BCUT2D eigenvalue weighted by Crippen LogP contribution is 2.10. The lowest BCUT2D eigenvalue weighted by Gasteiger charge is -2.10. The predicted octanol–water partition coefficient (Wildman–Crippen LogP) is 3.60. The smallest absolute Gasteiger partial charge is 0.195 e. The molecule has 0 fully saturated rings. The molecule has 0 aliphatic heterocycles. The Hall–Kier alpha value is -0.970. The Kier molecular flexibility index (Phi) is 18.2. The second-order valence-electron chi connectivity index (χ2n) is 5.23. The van der Waals surface area contributed by atoms with E-state index in [0.717, 1.165) is 13.0 Å². The van der Waals surface area contributed by atoms with Crippen molar-refractivity contribution in [3.8, 4) is 0 Å². The summed E-state index contributed by atoms with van der Waals surface area (Å²) in [5.74, 6) is 0.339. The van der Waals surface area contributed by atoms with Crippen LogP contribution < -0.4 is 16.0 Å². The van der Waals surface area contributed by atoms with E-state index in [0.29, 0.717) is 0 Å². The fourth-order valence-corrected chi connectivity index (χ4v) is 2.06. The van der Waals surface area contributed by atoms with Crippen molar-refractivity contribution in [3.63, 3.8) is 0 Å². The topological polar surface area (TPSA) is 83.8 Å². The van der Waals surface area contributed by atoms with Crippen LogP contribution >= 0.6 is 12.4 Å². The van der Waals surface area contributed by atoms with Crippen molar-refractivity contribution < 1.29 is 0 Å². The molecule has 0 radical (unpaired) electrons. The fraction of sp³-hybridized carbons (Fsp3) is 0.867. The zero-order chi connectivity index (χ0) is 15.1. The van der Waals surface area contributed by atoms with Crippen LogP contribution in [0.3, 0.4) is 0 Å². The highest BCUT2D eigenvalue weighted by atomic mass is 35.5. The molecule has 0 saturated carbocycles. The zero-order valence-corrected chi connectivity index (χ0v) is 14.5. The van der Waals surface area contributed by atoms with Gasteiger partial charge < -0.3 is 10.6 Å². The Morgan fingerprint density at radius 1 is 0.762 bits per heavy atom. The van der Waals surface area contributed by atoms with Crippen LogP contribution in [0.15, 0.2) is 0 Å². The minimum Gasteiger partial charge on any atom is -0.359 e. The lowest BCUT2D eigenvalue weighted by Crippen LogP contribution is -2.44. The second kappa shape index (κ2) is 17.1. The minimum absolute atomic E-state index is 0. The molecule has 5 nitrogen and oxygen atoms in total. The Labute approximate surface area is 136 Å². The Balaban J connectivity index is 0. The summed E-state index contributed by atoms with van der Waals surface area (Å²) in [6.45, 7) is 3.06. The number of nitrogens with one attached hydrogen (secondary N) is 5. The van der Waals surface area contributed by atoms with Gasteiger partial charge >= 0.3 is 0 Å². The molecule has 0 atom stereocenters. The van der Waals surface area contributed by atoms with E-state index in [9.17, 15) is 0 Å². The maximum Gasteiger partial charge on any atom is 0.195 e. The van der Waals surface area contributed by atoms with E-state index in [-0.39, 0.29) is 24.3 Å². The van der Waals surface area contributed by atoms with Crippen molar-refractivity contribution in [2.45, 2.75) is 71.1 Å². The molecule has 0 aromatic carbocycles. The molecule has 0 saturated heterocycles. The largest absolute Gasteiger partial charge is 0.359 e. The molecule has 0 aliphatic rings. The number of rotatable bonds is 11. The number of hydrogen-bond acceptors (Lipinski definition) is 2. The molecule has 126 valence electrons. The van der Waals surface area contributed by atoms with Crippen LogP contribution in [0, 0.1) is 10.8 Å². The van der Waals surface area contributed by atoms with Crippen molar-refractivity contribution in [2.24, 2.45) is 0 Å². The van der Waals surface area contributed by atoms with Crippen LogP contribution in [-0.2, 0) is 0 Å². The average Bonchev–Trinajstić information content (AvgIpc) is 2.44. The third-order valence-corrected chi connectivity index (χ3v) is 3.33. The molecule has 0 aromatic heterocycles. The first-order valence-electron chi connectivity index (χ1n) is 8.06. The van der Waals surface area contributed by atoms with Gasteiger partial charge in [0.2, 0.25) is 0 Å². The Bertz CT molecular complexity index is 258. The molecule has 0 aromatic rings. The van der Waals surface area contributed by atoms with Crippen molar-refractivity contribution in [1.82, 2.24) is 16.0 Å². The van der Waals surface area contributed by atoms with Crippen molar-refractivity contribution in [2.75, 3.05) is 13.6 Å². The molecule has 0 spiro atoms. The van der Waals surface area contributed by atoms with Gasteiger partial charge in [0.05, 0.1) is 0 Å². The van der Waals surface area contributed by atoms with Gasteiger partial charge in [-0.2, -0.15) is 0 Å². The first kappa shape index (κ1) is 22.3. The minimum atomic E-state index is 0. The van der Waals surface area contributed by atoms with Gasteiger partial charge in [0.1, 0.15) is 0 Å². The highest BCUT2D eigenvalue weighted by Gasteiger charge is 1.97. The summed E-state index contributed by atoms with van der Waals surface area (Å²) in [4.78, 5) is 0. The molecule has 0 unspecified atom stereocenters. The van der Waals surface area contributed by atoms with E-state index < -0.39 is 0 Å². The second-order valence-corrected chi connectivity index (χ2v) is 5.23. The van der Waals surface area contributed by atoms with E-state index in [4.69, 9.17) is 10.8 Å². The van der Waals surface area contributed by atoms with Gasteiger partial charge in [-0.25, -0.2) is 0 Å². The molecule has 0 aliphatic carbocycles. The Morgan fingerprint density at radius 2 is 1.24 bits per heavy atom.